The smallest absolute Gasteiger partial charge is 0.303 e. The molecule has 1 radical (unpaired) electrons. The van der Waals surface area contributed by atoms with Gasteiger partial charge in [-0.15, -0.1) is 0 Å². The van der Waals surface area contributed by atoms with Gasteiger partial charge in [-0.2, -0.15) is 0 Å². The molecule has 0 bridgehead atoms. The quantitative estimate of drug-likeness (QED) is 0.492. The molecule has 15 N–H and O–H groups in total. The molecule has 0 aromatic rings. The van der Waals surface area contributed by atoms with Crippen LogP contribution in [-0.2, 0) is 21.6 Å². The van der Waals surface area contributed by atoms with Crippen molar-refractivity contribution in [2.45, 2.75) is 20.3 Å². The molecule has 0 aliphatic rings. The molecule has 0 saturated carbocycles. The van der Waals surface area contributed by atoms with Crippen molar-refractivity contribution in [1.29, 1.82) is 0 Å². The van der Waals surface area contributed by atoms with Crippen LogP contribution >= 0.6 is 0 Å². The third-order valence-electron chi connectivity index (χ3n) is 0.583. The Labute approximate surface area is 90.2 Å². The maximum absolute atomic E-state index is 9.81. The SMILES string of the molecule is CC(C)CC(=O)O.N.N.N.N.[Co].[NH2-]. The van der Waals surface area contributed by atoms with Gasteiger partial charge >= 0.3 is 5.97 Å². The molecule has 0 aliphatic heterocycles. The standard InChI is InChI=1S/C5H10O2.Co.4H3N.H2N/c1-4(2)3-5(6)7;;;;;;/h4H,3H2,1-2H3,(H,6,7);;4*1H3;1H2/q;;;;;;-1. The summed E-state index contributed by atoms with van der Waals surface area (Å²) in [5, 5.41) is 8.08. The van der Waals surface area contributed by atoms with Crippen LogP contribution in [0.2, 0.25) is 0 Å². The molecule has 0 atom stereocenters. The van der Waals surface area contributed by atoms with Crippen LogP contribution in [0.15, 0.2) is 0 Å². The fraction of sp³-hybridized carbons (Fsp3) is 0.800. The number of hydrogen-bond donors (Lipinski definition) is 5. The Balaban J connectivity index is -0.0000000120. The van der Waals surface area contributed by atoms with Crippen LogP contribution in [-0.4, -0.2) is 11.1 Å². The van der Waals surface area contributed by atoms with E-state index in [-0.39, 0.29) is 59.9 Å². The molecule has 8 heteroatoms. The zero-order chi connectivity index (χ0) is 5.86. The molecule has 0 aromatic heterocycles. The summed E-state index contributed by atoms with van der Waals surface area (Å²) in [6.07, 6.45) is 0.278. The van der Waals surface area contributed by atoms with E-state index in [0.29, 0.717) is 0 Å². The number of aliphatic carboxylic acids is 1. The Morgan fingerprint density at radius 3 is 1.38 bits per heavy atom. The fourth-order valence-corrected chi connectivity index (χ4v) is 0.349. The van der Waals surface area contributed by atoms with Crippen molar-refractivity contribution >= 4 is 5.97 Å². The van der Waals surface area contributed by atoms with Crippen LogP contribution in [0.25, 0.3) is 6.15 Å². The number of rotatable bonds is 2. The topological polar surface area (TPSA) is 211 Å². The number of carboxylic acids is 1. The average Bonchev–Trinajstić information content (AvgIpc) is 1.27. The van der Waals surface area contributed by atoms with Crippen molar-refractivity contribution in [2.24, 2.45) is 5.92 Å². The molecule has 0 saturated heterocycles. The Hall–Kier alpha value is -0.224. The van der Waals surface area contributed by atoms with Crippen molar-refractivity contribution < 1.29 is 26.7 Å². The van der Waals surface area contributed by atoms with Crippen LogP contribution in [0, 0.1) is 5.92 Å². The van der Waals surface area contributed by atoms with Crippen LogP contribution in [0.3, 0.4) is 0 Å². The van der Waals surface area contributed by atoms with Crippen LogP contribution < -0.4 is 24.6 Å². The molecule has 0 heterocycles. The van der Waals surface area contributed by atoms with E-state index < -0.39 is 5.97 Å². The van der Waals surface area contributed by atoms with Gasteiger partial charge in [0.15, 0.2) is 0 Å². The fourth-order valence-electron chi connectivity index (χ4n) is 0.349. The minimum absolute atomic E-state index is 0. The summed E-state index contributed by atoms with van der Waals surface area (Å²) in [6.45, 7) is 3.77. The summed E-state index contributed by atoms with van der Waals surface area (Å²) in [6, 6.07) is 0. The van der Waals surface area contributed by atoms with Gasteiger partial charge in [0.1, 0.15) is 0 Å². The monoisotopic (exact) mass is 245 g/mol. The third-order valence-corrected chi connectivity index (χ3v) is 0.583. The Kier molecular flexibility index (Phi) is 122. The van der Waals surface area contributed by atoms with Gasteiger partial charge in [0.2, 0.25) is 0 Å². The molecular formula is C5H24CoN5O2-. The van der Waals surface area contributed by atoms with E-state index in [1.165, 1.54) is 0 Å². The molecule has 0 aromatic carbocycles. The van der Waals surface area contributed by atoms with Crippen molar-refractivity contribution in [1.82, 2.24) is 24.6 Å². The van der Waals surface area contributed by atoms with E-state index in [2.05, 4.69) is 0 Å². The third kappa shape index (κ3) is 78.9. The zero-order valence-corrected chi connectivity index (χ0v) is 9.42. The first-order chi connectivity index (χ1) is 3.13. The van der Waals surface area contributed by atoms with E-state index in [1.54, 1.807) is 0 Å². The van der Waals surface area contributed by atoms with Crippen LogP contribution in [0.5, 0.6) is 0 Å². The first-order valence-corrected chi connectivity index (χ1v) is 2.34. The van der Waals surface area contributed by atoms with Crippen molar-refractivity contribution in [3.63, 3.8) is 0 Å². The van der Waals surface area contributed by atoms with E-state index in [9.17, 15) is 4.79 Å². The first-order valence-electron chi connectivity index (χ1n) is 2.34. The van der Waals surface area contributed by atoms with Crippen LogP contribution in [0.1, 0.15) is 20.3 Å². The second-order valence-corrected chi connectivity index (χ2v) is 1.99. The predicted molar refractivity (Wildman–Crippen MR) is 52.5 cm³/mol. The van der Waals surface area contributed by atoms with E-state index in [4.69, 9.17) is 5.11 Å². The van der Waals surface area contributed by atoms with Gasteiger partial charge in [-0.05, 0) is 5.92 Å². The number of hydrogen-bond acceptors (Lipinski definition) is 5. The van der Waals surface area contributed by atoms with Gasteiger partial charge in [0.25, 0.3) is 0 Å². The minimum Gasteiger partial charge on any atom is -0.693 e. The Morgan fingerprint density at radius 2 is 1.38 bits per heavy atom. The summed E-state index contributed by atoms with van der Waals surface area (Å²) >= 11 is 0. The maximum atomic E-state index is 9.81. The molecule has 0 aliphatic carbocycles. The maximum Gasteiger partial charge on any atom is 0.303 e. The van der Waals surface area contributed by atoms with Crippen molar-refractivity contribution in [3.05, 3.63) is 6.15 Å². The average molecular weight is 245 g/mol. The molecule has 91 valence electrons. The molecule has 0 amide bonds. The summed E-state index contributed by atoms with van der Waals surface area (Å²) in [4.78, 5) is 9.81. The second-order valence-electron chi connectivity index (χ2n) is 1.99. The molecular weight excluding hydrogens is 221 g/mol. The first kappa shape index (κ1) is 53.1. The molecule has 7 nitrogen and oxygen atoms in total. The molecule has 0 unspecified atom stereocenters. The molecule has 0 fully saturated rings. The predicted octanol–water partition coefficient (Wildman–Crippen LogP) is 2.48. The summed E-state index contributed by atoms with van der Waals surface area (Å²) < 4.78 is 0. The number of carboxylic acid groups (broad SMARTS) is 1. The van der Waals surface area contributed by atoms with Crippen molar-refractivity contribution in [2.75, 3.05) is 0 Å². The van der Waals surface area contributed by atoms with Gasteiger partial charge in [0.05, 0.1) is 0 Å². The molecule has 13 heavy (non-hydrogen) atoms. The van der Waals surface area contributed by atoms with Gasteiger partial charge in [-0.1, -0.05) is 13.8 Å². The van der Waals surface area contributed by atoms with E-state index in [0.717, 1.165) is 0 Å². The van der Waals surface area contributed by atoms with Gasteiger partial charge in [-0.3, -0.25) is 4.79 Å². The minimum atomic E-state index is -0.713. The van der Waals surface area contributed by atoms with Gasteiger partial charge in [-0.25, -0.2) is 0 Å². The molecule has 0 spiro atoms. The zero-order valence-electron chi connectivity index (χ0n) is 8.38. The normalized spacial score (nSPS) is 5.15. The Bertz CT molecular complexity index is 83.3. The summed E-state index contributed by atoms with van der Waals surface area (Å²) in [7, 11) is 0. The van der Waals surface area contributed by atoms with Gasteiger partial charge < -0.3 is 35.9 Å². The van der Waals surface area contributed by atoms with E-state index >= 15 is 0 Å². The Morgan fingerprint density at radius 1 is 1.15 bits per heavy atom. The molecule has 0 rings (SSSR count). The van der Waals surface area contributed by atoms with Crippen molar-refractivity contribution in [3.8, 4) is 0 Å². The summed E-state index contributed by atoms with van der Waals surface area (Å²) in [5.41, 5.74) is 0. The number of carbonyl (C=O) groups is 1. The van der Waals surface area contributed by atoms with Gasteiger partial charge in [0, 0.05) is 23.2 Å². The largest absolute Gasteiger partial charge is 0.693 e. The van der Waals surface area contributed by atoms with Crippen LogP contribution in [0.4, 0.5) is 0 Å². The van der Waals surface area contributed by atoms with E-state index in [1.807, 2.05) is 13.8 Å². The number of nitrogens with two attached hydrogens (primary N) is 1. The second kappa shape index (κ2) is 29.8. The summed E-state index contributed by atoms with van der Waals surface area (Å²) in [5.74, 6) is -0.438.